The first-order valence-corrected chi connectivity index (χ1v) is 6.70. The lowest BCUT2D eigenvalue weighted by Crippen LogP contribution is -2.47. The molecule has 0 spiro atoms. The van der Waals surface area contributed by atoms with Gasteiger partial charge in [-0.2, -0.15) is 13.2 Å². The first-order valence-electron chi connectivity index (χ1n) is 5.82. The van der Waals surface area contributed by atoms with Crippen molar-refractivity contribution >= 4 is 23.2 Å². The molecule has 110 valence electrons. The fourth-order valence-corrected chi connectivity index (χ4v) is 3.14. The van der Waals surface area contributed by atoms with Gasteiger partial charge in [-0.05, 0) is 30.4 Å². The van der Waals surface area contributed by atoms with Gasteiger partial charge in [-0.3, -0.25) is 9.59 Å². The van der Waals surface area contributed by atoms with Gasteiger partial charge in [-0.25, -0.2) is 0 Å². The Morgan fingerprint density at radius 3 is 2.50 bits per heavy atom. The Morgan fingerprint density at radius 2 is 2.10 bits per heavy atom. The summed E-state index contributed by atoms with van der Waals surface area (Å²) in [6.45, 7) is 0.651. The highest BCUT2D eigenvalue weighted by Crippen LogP contribution is 2.46. The van der Waals surface area contributed by atoms with Crippen molar-refractivity contribution in [2.75, 3.05) is 13.1 Å². The maximum absolute atomic E-state index is 13.0. The number of carbonyl (C=O) groups is 2. The van der Waals surface area contributed by atoms with Crippen molar-refractivity contribution in [3.8, 4) is 0 Å². The predicted molar refractivity (Wildman–Crippen MR) is 65.7 cm³/mol. The Kier molecular flexibility index (Phi) is 3.53. The molecular weight excluding hydrogens is 295 g/mol. The van der Waals surface area contributed by atoms with Crippen molar-refractivity contribution in [1.82, 2.24) is 4.90 Å². The first kappa shape index (κ1) is 14.8. The standard InChI is InChI=1S/C12H12F3NO3S/c1-7-2-5-20-8(7)9(17)16-4-3-11(6-16,10(18)19)12(13,14)15/h2,5H,3-4,6H2,1H3,(H,18,19). The minimum absolute atomic E-state index is 0.206. The lowest BCUT2D eigenvalue weighted by atomic mass is 9.86. The number of nitrogens with zero attached hydrogens (tertiary/aromatic N) is 1. The molecule has 1 N–H and O–H groups in total. The molecule has 1 aromatic rings. The molecule has 0 aromatic carbocycles. The van der Waals surface area contributed by atoms with Gasteiger partial charge in [0.15, 0.2) is 5.41 Å². The molecular formula is C12H12F3NO3S. The van der Waals surface area contributed by atoms with Crippen LogP contribution in [0, 0.1) is 12.3 Å². The number of hydrogen-bond donors (Lipinski definition) is 1. The van der Waals surface area contributed by atoms with Gasteiger partial charge >= 0.3 is 12.1 Å². The predicted octanol–water partition coefficient (Wildman–Crippen LogP) is 2.54. The number of hydrogen-bond acceptors (Lipinski definition) is 3. The summed E-state index contributed by atoms with van der Waals surface area (Å²) in [4.78, 5) is 24.5. The molecule has 0 saturated carbocycles. The molecule has 2 rings (SSSR count). The number of likely N-dealkylation sites (tertiary alicyclic amines) is 1. The van der Waals surface area contributed by atoms with E-state index in [1.165, 1.54) is 0 Å². The first-order chi connectivity index (χ1) is 9.19. The molecule has 1 unspecified atom stereocenters. The van der Waals surface area contributed by atoms with Crippen molar-refractivity contribution in [3.63, 3.8) is 0 Å². The van der Waals surface area contributed by atoms with Gasteiger partial charge in [0, 0.05) is 13.1 Å². The third kappa shape index (κ3) is 2.17. The van der Waals surface area contributed by atoms with Crippen LogP contribution < -0.4 is 0 Å². The second kappa shape index (κ2) is 4.76. The van der Waals surface area contributed by atoms with Crippen molar-refractivity contribution in [2.24, 2.45) is 5.41 Å². The van der Waals surface area contributed by atoms with Gasteiger partial charge in [0.1, 0.15) is 0 Å². The number of carboxylic acids is 1. The van der Waals surface area contributed by atoms with Crippen LogP contribution in [-0.2, 0) is 4.79 Å². The number of alkyl halides is 3. The van der Waals surface area contributed by atoms with Crippen molar-refractivity contribution in [3.05, 3.63) is 21.9 Å². The van der Waals surface area contributed by atoms with Gasteiger partial charge in [-0.1, -0.05) is 0 Å². The van der Waals surface area contributed by atoms with E-state index in [0.717, 1.165) is 16.2 Å². The molecule has 0 radical (unpaired) electrons. The molecule has 8 heteroatoms. The van der Waals surface area contributed by atoms with Crippen LogP contribution in [0.2, 0.25) is 0 Å². The van der Waals surface area contributed by atoms with Crippen LogP contribution in [-0.4, -0.2) is 41.1 Å². The lowest BCUT2D eigenvalue weighted by Gasteiger charge is -2.27. The second-order valence-corrected chi connectivity index (χ2v) is 5.71. The summed E-state index contributed by atoms with van der Waals surface area (Å²) in [5, 5.41) is 10.6. The fourth-order valence-electron chi connectivity index (χ4n) is 2.25. The highest BCUT2D eigenvalue weighted by Gasteiger charge is 2.64. The summed E-state index contributed by atoms with van der Waals surface area (Å²) in [5.74, 6) is -2.46. The van der Waals surface area contributed by atoms with E-state index in [9.17, 15) is 22.8 Å². The molecule has 1 amide bonds. The number of aliphatic carboxylic acids is 1. The van der Waals surface area contributed by atoms with Crippen molar-refractivity contribution < 1.29 is 27.9 Å². The SMILES string of the molecule is Cc1ccsc1C(=O)N1CCC(C(=O)O)(C(F)(F)F)C1. The molecule has 0 bridgehead atoms. The summed E-state index contributed by atoms with van der Waals surface area (Å²) in [6, 6.07) is 1.70. The van der Waals surface area contributed by atoms with Crippen LogP contribution in [0.5, 0.6) is 0 Å². The summed E-state index contributed by atoms with van der Waals surface area (Å²) < 4.78 is 39.0. The molecule has 1 atom stereocenters. The van der Waals surface area contributed by atoms with Crippen LogP contribution in [0.25, 0.3) is 0 Å². The summed E-state index contributed by atoms with van der Waals surface area (Å²) in [7, 11) is 0. The van der Waals surface area contributed by atoms with Crippen molar-refractivity contribution in [2.45, 2.75) is 19.5 Å². The van der Waals surface area contributed by atoms with Crippen LogP contribution in [0.4, 0.5) is 13.2 Å². The third-order valence-corrected chi connectivity index (χ3v) is 4.57. The number of carbonyl (C=O) groups excluding carboxylic acids is 1. The van der Waals surface area contributed by atoms with E-state index in [1.54, 1.807) is 18.4 Å². The molecule has 1 aliphatic rings. The quantitative estimate of drug-likeness (QED) is 0.913. The monoisotopic (exact) mass is 307 g/mol. The van der Waals surface area contributed by atoms with E-state index in [-0.39, 0.29) is 6.54 Å². The normalized spacial score (nSPS) is 23.1. The van der Waals surface area contributed by atoms with Crippen LogP contribution in [0.3, 0.4) is 0 Å². The minimum Gasteiger partial charge on any atom is -0.481 e. The average molecular weight is 307 g/mol. The molecule has 1 saturated heterocycles. The minimum atomic E-state index is -4.88. The zero-order valence-corrected chi connectivity index (χ0v) is 11.3. The maximum Gasteiger partial charge on any atom is 0.406 e. The molecule has 4 nitrogen and oxygen atoms in total. The van der Waals surface area contributed by atoms with Gasteiger partial charge in [0.2, 0.25) is 0 Å². The van der Waals surface area contributed by atoms with Gasteiger partial charge in [0.05, 0.1) is 4.88 Å². The summed E-state index contributed by atoms with van der Waals surface area (Å²) >= 11 is 1.14. The van der Waals surface area contributed by atoms with Gasteiger partial charge < -0.3 is 10.0 Å². The second-order valence-electron chi connectivity index (χ2n) is 4.79. The highest BCUT2D eigenvalue weighted by molar-refractivity contribution is 7.12. The molecule has 1 aromatic heterocycles. The van der Waals surface area contributed by atoms with Gasteiger partial charge in [0.25, 0.3) is 5.91 Å². The van der Waals surface area contributed by atoms with E-state index < -0.39 is 36.4 Å². The topological polar surface area (TPSA) is 57.6 Å². The number of halogens is 3. The van der Waals surface area contributed by atoms with E-state index in [0.29, 0.717) is 10.4 Å². The summed E-state index contributed by atoms with van der Waals surface area (Å²) in [5.41, 5.74) is -2.17. The highest BCUT2D eigenvalue weighted by atomic mass is 32.1. The number of amides is 1. The third-order valence-electron chi connectivity index (χ3n) is 3.56. The zero-order chi connectivity index (χ0) is 15.1. The van der Waals surface area contributed by atoms with Crippen LogP contribution in [0.15, 0.2) is 11.4 Å². The maximum atomic E-state index is 13.0. The Hall–Kier alpha value is -1.57. The molecule has 20 heavy (non-hydrogen) atoms. The Morgan fingerprint density at radius 1 is 1.45 bits per heavy atom. The number of thiophene rings is 1. The number of aryl methyl sites for hydroxylation is 1. The number of rotatable bonds is 2. The Balaban J connectivity index is 2.26. The molecule has 0 aliphatic carbocycles. The Labute approximate surface area is 116 Å². The van der Waals surface area contributed by atoms with Crippen molar-refractivity contribution in [1.29, 1.82) is 0 Å². The lowest BCUT2D eigenvalue weighted by molar-refractivity contribution is -0.227. The van der Waals surface area contributed by atoms with Crippen LogP contribution >= 0.6 is 11.3 Å². The zero-order valence-electron chi connectivity index (χ0n) is 10.5. The van der Waals surface area contributed by atoms with E-state index in [2.05, 4.69) is 0 Å². The average Bonchev–Trinajstić information content (AvgIpc) is 2.93. The molecule has 1 fully saturated rings. The van der Waals surface area contributed by atoms with E-state index >= 15 is 0 Å². The summed E-state index contributed by atoms with van der Waals surface area (Å²) in [6.07, 6.45) is -5.49. The smallest absolute Gasteiger partial charge is 0.406 e. The number of carboxylic acid groups (broad SMARTS) is 1. The van der Waals surface area contributed by atoms with E-state index in [1.807, 2.05) is 0 Å². The molecule has 1 aliphatic heterocycles. The fraction of sp³-hybridized carbons (Fsp3) is 0.500. The van der Waals surface area contributed by atoms with Gasteiger partial charge in [-0.15, -0.1) is 11.3 Å². The Bertz CT molecular complexity index is 554. The molecule has 2 heterocycles. The van der Waals surface area contributed by atoms with E-state index in [4.69, 9.17) is 5.11 Å². The largest absolute Gasteiger partial charge is 0.481 e. The van der Waals surface area contributed by atoms with Crippen LogP contribution in [0.1, 0.15) is 21.7 Å².